The summed E-state index contributed by atoms with van der Waals surface area (Å²) in [5.41, 5.74) is 2.17. The third-order valence-corrected chi connectivity index (χ3v) is 7.54. The van der Waals surface area contributed by atoms with Crippen molar-refractivity contribution in [1.82, 2.24) is 0 Å². The first kappa shape index (κ1) is 17.1. The van der Waals surface area contributed by atoms with E-state index < -0.39 is 7.92 Å². The minimum Gasteiger partial charge on any atom is -0.496 e. The molecule has 1 heterocycles. The lowest BCUT2D eigenvalue weighted by molar-refractivity contribution is 0.313. The summed E-state index contributed by atoms with van der Waals surface area (Å²) in [7, 11) is 2.93. The van der Waals surface area contributed by atoms with Crippen LogP contribution < -0.4 is 19.5 Å². The van der Waals surface area contributed by atoms with Gasteiger partial charge in [0.2, 0.25) is 0 Å². The Kier molecular flexibility index (Phi) is 4.48. The van der Waals surface area contributed by atoms with Gasteiger partial charge in [-0.15, -0.1) is 0 Å². The van der Waals surface area contributed by atoms with E-state index in [2.05, 4.69) is 39.8 Å². The van der Waals surface area contributed by atoms with Crippen molar-refractivity contribution in [2.75, 3.05) is 14.2 Å². The Labute approximate surface area is 145 Å². The van der Waals surface area contributed by atoms with Crippen LogP contribution >= 0.6 is 7.92 Å². The number of methoxy groups -OCH3 is 2. The summed E-state index contributed by atoms with van der Waals surface area (Å²) < 4.78 is 17.5. The molecule has 1 aliphatic rings. The number of hydrogen-bond donors (Lipinski definition) is 0. The second-order valence-electron chi connectivity index (χ2n) is 6.95. The van der Waals surface area contributed by atoms with Gasteiger partial charge in [0, 0.05) is 10.9 Å². The van der Waals surface area contributed by atoms with Crippen molar-refractivity contribution in [1.29, 1.82) is 0 Å². The van der Waals surface area contributed by atoms with Crippen molar-refractivity contribution in [3.8, 4) is 28.4 Å². The maximum absolute atomic E-state index is 6.20. The summed E-state index contributed by atoms with van der Waals surface area (Å²) in [5.74, 6) is 2.85. The molecule has 0 fully saturated rings. The van der Waals surface area contributed by atoms with E-state index in [4.69, 9.17) is 14.2 Å². The molecule has 1 aliphatic heterocycles. The van der Waals surface area contributed by atoms with Crippen LogP contribution in [-0.4, -0.2) is 25.2 Å². The highest BCUT2D eigenvalue weighted by molar-refractivity contribution is 7.68. The smallest absolute Gasteiger partial charge is 0.130 e. The fourth-order valence-electron chi connectivity index (χ4n) is 3.48. The molecule has 0 N–H and O–H groups in total. The van der Waals surface area contributed by atoms with Crippen molar-refractivity contribution in [2.45, 2.75) is 38.7 Å². The summed E-state index contributed by atoms with van der Waals surface area (Å²) >= 11 is 0. The topological polar surface area (TPSA) is 27.7 Å². The summed E-state index contributed by atoms with van der Waals surface area (Å²) in [6, 6.07) is 12.2. The Balaban J connectivity index is 2.29. The van der Waals surface area contributed by atoms with Crippen LogP contribution in [-0.2, 0) is 0 Å². The molecule has 4 heteroatoms. The lowest BCUT2D eigenvalue weighted by Gasteiger charge is -2.31. The highest BCUT2D eigenvalue weighted by atomic mass is 31.1. The molecule has 1 unspecified atom stereocenters. The molecule has 0 spiro atoms. The molecule has 0 saturated heterocycles. The second kappa shape index (κ2) is 6.29. The Morgan fingerprint density at radius 1 is 0.958 bits per heavy atom. The van der Waals surface area contributed by atoms with Crippen LogP contribution in [0.4, 0.5) is 0 Å². The van der Waals surface area contributed by atoms with E-state index in [1.807, 2.05) is 24.3 Å². The van der Waals surface area contributed by atoms with Gasteiger partial charge in [0.25, 0.3) is 0 Å². The number of rotatable bonds is 3. The van der Waals surface area contributed by atoms with Crippen LogP contribution in [0.15, 0.2) is 36.4 Å². The molecule has 128 valence electrons. The van der Waals surface area contributed by atoms with E-state index in [0.29, 0.717) is 0 Å². The van der Waals surface area contributed by atoms with E-state index >= 15 is 0 Å². The van der Waals surface area contributed by atoms with Crippen LogP contribution in [0.5, 0.6) is 17.2 Å². The number of ether oxygens (including phenoxy) is 3. The van der Waals surface area contributed by atoms with Crippen molar-refractivity contribution < 1.29 is 14.2 Å². The molecule has 0 amide bonds. The van der Waals surface area contributed by atoms with Gasteiger partial charge in [-0.25, -0.2) is 0 Å². The molecule has 0 saturated carbocycles. The molecule has 3 nitrogen and oxygen atoms in total. The van der Waals surface area contributed by atoms with E-state index in [1.54, 1.807) is 14.2 Å². The minimum absolute atomic E-state index is 0.158. The van der Waals surface area contributed by atoms with Crippen LogP contribution in [0.2, 0.25) is 0 Å². The highest BCUT2D eigenvalue weighted by Gasteiger charge is 2.41. The SMILES string of the molecule is COc1cccc(OC)c1-c1cccc2c1P(C(C)(C)C)[C@@H](C)O2. The Hall–Kier alpha value is -1.73. The fraction of sp³-hybridized carbons (Fsp3) is 0.400. The summed E-state index contributed by atoms with van der Waals surface area (Å²) in [6.45, 7) is 9.07. The predicted molar refractivity (Wildman–Crippen MR) is 101 cm³/mol. The van der Waals surface area contributed by atoms with Crippen LogP contribution in [0.3, 0.4) is 0 Å². The zero-order valence-electron chi connectivity index (χ0n) is 15.2. The standard InChI is InChI=1S/C20H25O3P/c1-13-23-17-12-7-9-14(19(17)24(13)20(2,3)4)18-15(21-5)10-8-11-16(18)22-6/h7-13H,1-6H3/t13-,24?/m0/s1. The maximum atomic E-state index is 6.20. The first-order valence-corrected chi connectivity index (χ1v) is 9.60. The van der Waals surface area contributed by atoms with Gasteiger partial charge in [0.1, 0.15) is 23.1 Å². The van der Waals surface area contributed by atoms with Gasteiger partial charge in [-0.1, -0.05) is 39.0 Å². The number of hydrogen-bond acceptors (Lipinski definition) is 3. The average molecular weight is 344 g/mol. The molecular formula is C20H25O3P. The predicted octanol–water partition coefficient (Wildman–Crippen LogP) is 5.01. The van der Waals surface area contributed by atoms with E-state index in [1.165, 1.54) is 5.30 Å². The van der Waals surface area contributed by atoms with Crippen molar-refractivity contribution in [3.05, 3.63) is 36.4 Å². The lowest BCUT2D eigenvalue weighted by atomic mass is 10.0. The molecule has 0 bridgehead atoms. The molecule has 0 aromatic heterocycles. The maximum Gasteiger partial charge on any atom is 0.130 e. The van der Waals surface area contributed by atoms with Gasteiger partial charge in [-0.2, -0.15) is 0 Å². The van der Waals surface area contributed by atoms with Gasteiger partial charge in [0.05, 0.1) is 19.8 Å². The van der Waals surface area contributed by atoms with E-state index in [-0.39, 0.29) is 11.0 Å². The quantitative estimate of drug-likeness (QED) is 0.732. The lowest BCUT2D eigenvalue weighted by Crippen LogP contribution is -2.23. The van der Waals surface area contributed by atoms with Gasteiger partial charge in [-0.05, 0) is 38.2 Å². The average Bonchev–Trinajstić information content (AvgIpc) is 2.89. The normalized spacial score (nSPS) is 19.6. The van der Waals surface area contributed by atoms with E-state index in [9.17, 15) is 0 Å². The largest absolute Gasteiger partial charge is 0.496 e. The minimum atomic E-state index is -0.476. The first-order valence-electron chi connectivity index (χ1n) is 8.19. The summed E-state index contributed by atoms with van der Waals surface area (Å²) in [5, 5.41) is 1.47. The van der Waals surface area contributed by atoms with Crippen molar-refractivity contribution >= 4 is 13.2 Å². The van der Waals surface area contributed by atoms with Gasteiger partial charge in [0.15, 0.2) is 0 Å². The van der Waals surface area contributed by atoms with Crippen LogP contribution in [0.1, 0.15) is 27.7 Å². The highest BCUT2D eigenvalue weighted by Crippen LogP contribution is 2.60. The molecule has 24 heavy (non-hydrogen) atoms. The third-order valence-electron chi connectivity index (χ3n) is 4.32. The third kappa shape index (κ3) is 2.75. The number of benzene rings is 2. The first-order chi connectivity index (χ1) is 11.4. The molecular weight excluding hydrogens is 319 g/mol. The summed E-state index contributed by atoms with van der Waals surface area (Å²) in [6.07, 6.45) is 0. The zero-order valence-corrected chi connectivity index (χ0v) is 16.1. The van der Waals surface area contributed by atoms with Crippen molar-refractivity contribution in [3.63, 3.8) is 0 Å². The van der Waals surface area contributed by atoms with Gasteiger partial charge in [-0.3, -0.25) is 0 Å². The molecule has 0 radical (unpaired) electrons. The molecule has 2 aromatic carbocycles. The van der Waals surface area contributed by atoms with Gasteiger partial charge < -0.3 is 14.2 Å². The number of fused-ring (bicyclic) bond motifs is 1. The van der Waals surface area contributed by atoms with Crippen LogP contribution in [0.25, 0.3) is 11.1 Å². The Bertz CT molecular complexity index is 727. The monoisotopic (exact) mass is 344 g/mol. The van der Waals surface area contributed by atoms with Gasteiger partial charge >= 0.3 is 0 Å². The van der Waals surface area contributed by atoms with Crippen LogP contribution in [0, 0.1) is 0 Å². The molecule has 0 aliphatic carbocycles. The second-order valence-corrected chi connectivity index (χ2v) is 10.2. The molecule has 3 rings (SSSR count). The van der Waals surface area contributed by atoms with E-state index in [0.717, 1.165) is 28.4 Å². The molecule has 2 atom stereocenters. The zero-order chi connectivity index (χ0) is 17.5. The summed E-state index contributed by atoms with van der Waals surface area (Å²) in [4.78, 5) is 0. The Morgan fingerprint density at radius 3 is 2.08 bits per heavy atom. The Morgan fingerprint density at radius 2 is 1.54 bits per heavy atom. The van der Waals surface area contributed by atoms with Crippen molar-refractivity contribution in [2.24, 2.45) is 0 Å². The molecule has 2 aromatic rings. The fourth-order valence-corrected chi connectivity index (χ4v) is 6.64.